The average Bonchev–Trinajstić information content (AvgIpc) is 3.10. The number of anilines is 2. The van der Waals surface area contributed by atoms with Crippen LogP contribution in [0.2, 0.25) is 0 Å². The molecule has 2 N–H and O–H groups in total. The molecule has 0 saturated heterocycles. The lowest BCUT2D eigenvalue weighted by Gasteiger charge is -2.20. The molecule has 164 valence electrons. The van der Waals surface area contributed by atoms with Crippen molar-refractivity contribution in [1.82, 2.24) is 25.1 Å². The zero-order chi connectivity index (χ0) is 22.4. The monoisotopic (exact) mass is 422 g/mol. The quantitative estimate of drug-likeness (QED) is 0.578. The van der Waals surface area contributed by atoms with E-state index in [2.05, 4.69) is 38.7 Å². The molecule has 0 radical (unpaired) electrons. The van der Waals surface area contributed by atoms with Crippen LogP contribution in [0.3, 0.4) is 0 Å². The molecule has 0 fully saturated rings. The fourth-order valence-electron chi connectivity index (χ4n) is 3.14. The lowest BCUT2D eigenvalue weighted by Crippen LogP contribution is -2.32. The number of alkyl carbamates (subject to hydrolysis) is 1. The predicted octanol–water partition coefficient (Wildman–Crippen LogP) is 4.60. The minimum atomic E-state index is -0.519. The summed E-state index contributed by atoms with van der Waals surface area (Å²) in [5, 5.41) is 10.2. The van der Waals surface area contributed by atoms with Gasteiger partial charge in [0.05, 0.1) is 17.6 Å². The summed E-state index contributed by atoms with van der Waals surface area (Å²) < 4.78 is 7.05. The lowest BCUT2D eigenvalue weighted by molar-refractivity contribution is 0.0523. The first-order chi connectivity index (χ1) is 14.7. The number of rotatable bonds is 7. The van der Waals surface area contributed by atoms with Gasteiger partial charge in [-0.2, -0.15) is 5.10 Å². The molecule has 8 heteroatoms. The maximum absolute atomic E-state index is 12.0. The van der Waals surface area contributed by atoms with Crippen LogP contribution in [-0.4, -0.2) is 31.4 Å². The molecule has 0 saturated carbocycles. The van der Waals surface area contributed by atoms with Crippen LogP contribution in [0.1, 0.15) is 45.2 Å². The Morgan fingerprint density at radius 3 is 2.68 bits per heavy atom. The highest BCUT2D eigenvalue weighted by Gasteiger charge is 2.16. The molecule has 0 atom stereocenters. The first-order valence-corrected chi connectivity index (χ1v) is 10.4. The van der Waals surface area contributed by atoms with Crippen LogP contribution in [0.5, 0.6) is 0 Å². The first-order valence-electron chi connectivity index (χ1n) is 10.4. The molecule has 0 aliphatic carbocycles. The van der Waals surface area contributed by atoms with Crippen molar-refractivity contribution in [3.05, 3.63) is 54.0 Å². The van der Waals surface area contributed by atoms with Gasteiger partial charge in [-0.15, -0.1) is 0 Å². The Morgan fingerprint density at radius 2 is 2.00 bits per heavy atom. The second-order valence-corrected chi connectivity index (χ2v) is 8.38. The van der Waals surface area contributed by atoms with Crippen LogP contribution in [0, 0.1) is 0 Å². The van der Waals surface area contributed by atoms with Gasteiger partial charge in [-0.3, -0.25) is 4.68 Å². The van der Waals surface area contributed by atoms with Crippen molar-refractivity contribution in [1.29, 1.82) is 0 Å². The summed E-state index contributed by atoms with van der Waals surface area (Å²) in [6.07, 6.45) is 6.81. The van der Waals surface area contributed by atoms with Crippen LogP contribution >= 0.6 is 0 Å². The maximum atomic E-state index is 12.0. The van der Waals surface area contributed by atoms with E-state index in [0.717, 1.165) is 35.3 Å². The number of hydrogen-bond acceptors (Lipinski definition) is 6. The fourth-order valence-corrected chi connectivity index (χ4v) is 3.14. The molecule has 2 heterocycles. The van der Waals surface area contributed by atoms with Gasteiger partial charge in [0.15, 0.2) is 0 Å². The largest absolute Gasteiger partial charge is 0.444 e. The Bertz CT molecular complexity index is 1040. The standard InChI is InChI=1S/C23H30N6O2/c1-6-7-16-12-17(8-9-18(16)13-25-22(30)31-23(2,3)4)20-10-11-24-21(28-20)27-19-14-26-29(5)15-19/h8-12,14-15H,6-7,13H2,1-5H3,(H,25,30)(H,24,27,28). The van der Waals surface area contributed by atoms with E-state index >= 15 is 0 Å². The number of aromatic nitrogens is 4. The second kappa shape index (κ2) is 9.59. The molecule has 2 aromatic heterocycles. The molecule has 0 bridgehead atoms. The van der Waals surface area contributed by atoms with Crippen molar-refractivity contribution in [2.45, 2.75) is 52.7 Å². The smallest absolute Gasteiger partial charge is 0.407 e. The average molecular weight is 423 g/mol. The van der Waals surface area contributed by atoms with E-state index in [-0.39, 0.29) is 0 Å². The summed E-state index contributed by atoms with van der Waals surface area (Å²) in [5.41, 5.74) is 4.38. The molecule has 31 heavy (non-hydrogen) atoms. The summed E-state index contributed by atoms with van der Waals surface area (Å²) in [7, 11) is 1.86. The number of nitrogens with zero attached hydrogens (tertiary/aromatic N) is 4. The molecule has 0 aliphatic rings. The van der Waals surface area contributed by atoms with Crippen LogP contribution < -0.4 is 10.6 Å². The highest BCUT2D eigenvalue weighted by molar-refractivity contribution is 5.68. The van der Waals surface area contributed by atoms with Gasteiger partial charge < -0.3 is 15.4 Å². The number of carbonyl (C=O) groups is 1. The third-order valence-corrected chi connectivity index (χ3v) is 4.46. The highest BCUT2D eigenvalue weighted by Crippen LogP contribution is 2.24. The third-order valence-electron chi connectivity index (χ3n) is 4.46. The van der Waals surface area contributed by atoms with E-state index in [1.54, 1.807) is 17.1 Å². The SMILES string of the molecule is CCCc1cc(-c2ccnc(Nc3cnn(C)c3)n2)ccc1CNC(=O)OC(C)(C)C. The van der Waals surface area contributed by atoms with E-state index in [4.69, 9.17) is 4.74 Å². The Hall–Kier alpha value is -3.42. The van der Waals surface area contributed by atoms with Crippen molar-refractivity contribution in [3.8, 4) is 11.3 Å². The summed E-state index contributed by atoms with van der Waals surface area (Å²) in [6.45, 7) is 8.11. The van der Waals surface area contributed by atoms with Crippen molar-refractivity contribution in [3.63, 3.8) is 0 Å². The minimum absolute atomic E-state index is 0.416. The van der Waals surface area contributed by atoms with Crippen LogP contribution in [0.15, 0.2) is 42.9 Å². The van der Waals surface area contributed by atoms with Gasteiger partial charge in [-0.25, -0.2) is 14.8 Å². The molecule has 0 unspecified atom stereocenters. The fraction of sp³-hybridized carbons (Fsp3) is 0.391. The second-order valence-electron chi connectivity index (χ2n) is 8.38. The number of amides is 1. The van der Waals surface area contributed by atoms with Gasteiger partial charge in [0.25, 0.3) is 0 Å². The zero-order valence-corrected chi connectivity index (χ0v) is 18.8. The number of ether oxygens (including phenoxy) is 1. The molecule has 1 amide bonds. The van der Waals surface area contributed by atoms with Crippen LogP contribution in [0.25, 0.3) is 11.3 Å². The van der Waals surface area contributed by atoms with Crippen LogP contribution in [0.4, 0.5) is 16.4 Å². The van der Waals surface area contributed by atoms with Gasteiger partial charge >= 0.3 is 6.09 Å². The molecule has 3 aromatic rings. The molecule has 1 aromatic carbocycles. The predicted molar refractivity (Wildman–Crippen MR) is 121 cm³/mol. The van der Waals surface area contributed by atoms with E-state index in [1.807, 2.05) is 52.2 Å². The summed E-state index contributed by atoms with van der Waals surface area (Å²) in [6, 6.07) is 8.07. The Labute approximate surface area is 183 Å². The summed E-state index contributed by atoms with van der Waals surface area (Å²) in [5.74, 6) is 0.512. The summed E-state index contributed by atoms with van der Waals surface area (Å²) in [4.78, 5) is 21.0. The van der Waals surface area contributed by atoms with E-state index in [1.165, 1.54) is 5.56 Å². The van der Waals surface area contributed by atoms with Gasteiger partial charge in [-0.05, 0) is 50.5 Å². The van der Waals surface area contributed by atoms with Crippen LogP contribution in [-0.2, 0) is 24.8 Å². The minimum Gasteiger partial charge on any atom is -0.444 e. The molecule has 0 aliphatic heterocycles. The molecule has 8 nitrogen and oxygen atoms in total. The normalized spacial score (nSPS) is 11.3. The van der Waals surface area contributed by atoms with Gasteiger partial charge in [0, 0.05) is 31.5 Å². The number of aryl methyl sites for hydroxylation is 2. The zero-order valence-electron chi connectivity index (χ0n) is 18.8. The van der Waals surface area contributed by atoms with Gasteiger partial charge in [0.2, 0.25) is 5.95 Å². The topological polar surface area (TPSA) is 94.0 Å². The maximum Gasteiger partial charge on any atom is 0.407 e. The molecular weight excluding hydrogens is 392 g/mol. The lowest BCUT2D eigenvalue weighted by atomic mass is 9.98. The third kappa shape index (κ3) is 6.53. The molecule has 3 rings (SSSR count). The van der Waals surface area contributed by atoms with E-state index < -0.39 is 11.7 Å². The van der Waals surface area contributed by atoms with E-state index in [0.29, 0.717) is 12.5 Å². The van der Waals surface area contributed by atoms with Crippen molar-refractivity contribution in [2.75, 3.05) is 5.32 Å². The Kier molecular flexibility index (Phi) is 6.89. The number of carbonyl (C=O) groups excluding carboxylic acids is 1. The van der Waals surface area contributed by atoms with Crippen molar-refractivity contribution >= 4 is 17.7 Å². The highest BCUT2D eigenvalue weighted by atomic mass is 16.6. The van der Waals surface area contributed by atoms with Crippen molar-refractivity contribution < 1.29 is 9.53 Å². The Balaban J connectivity index is 1.77. The van der Waals surface area contributed by atoms with Gasteiger partial charge in [-0.1, -0.05) is 25.5 Å². The Morgan fingerprint density at radius 1 is 1.19 bits per heavy atom. The number of hydrogen-bond donors (Lipinski definition) is 2. The first kappa shape index (κ1) is 22.3. The van der Waals surface area contributed by atoms with E-state index in [9.17, 15) is 4.79 Å². The summed E-state index contributed by atoms with van der Waals surface area (Å²) >= 11 is 0. The molecule has 0 spiro atoms. The molecular formula is C23H30N6O2. The number of nitrogens with one attached hydrogen (secondary N) is 2. The number of benzene rings is 1. The van der Waals surface area contributed by atoms with Gasteiger partial charge in [0.1, 0.15) is 5.60 Å². The van der Waals surface area contributed by atoms with Crippen molar-refractivity contribution in [2.24, 2.45) is 7.05 Å².